The quantitative estimate of drug-likeness (QED) is 0.581. The largest absolute Gasteiger partial charge is 0.457 e. The van der Waals surface area contributed by atoms with Gasteiger partial charge in [-0.15, -0.1) is 0 Å². The molecule has 0 fully saturated rings. The van der Waals surface area contributed by atoms with E-state index in [0.717, 1.165) is 12.0 Å². The molecular formula is C17H18O3. The van der Waals surface area contributed by atoms with E-state index in [9.17, 15) is 9.59 Å². The maximum Gasteiger partial charge on any atom is 0.163 e. The van der Waals surface area contributed by atoms with Gasteiger partial charge in [0.15, 0.2) is 5.78 Å². The Labute approximate surface area is 119 Å². The maximum absolute atomic E-state index is 11.7. The first kappa shape index (κ1) is 15.6. The SMILES string of the molecule is C.O=CCCC(=O)c1ccc(Oc2ccccc2)cc1. The van der Waals surface area contributed by atoms with E-state index in [0.29, 0.717) is 11.3 Å². The second kappa shape index (κ2) is 7.89. The van der Waals surface area contributed by atoms with Crippen molar-refractivity contribution in [2.24, 2.45) is 0 Å². The number of hydrogen-bond donors (Lipinski definition) is 0. The Balaban J connectivity index is 0.00000200. The lowest BCUT2D eigenvalue weighted by molar-refractivity contribution is -0.107. The van der Waals surface area contributed by atoms with Crippen molar-refractivity contribution in [2.45, 2.75) is 20.3 Å². The zero-order chi connectivity index (χ0) is 13.5. The molecule has 0 atom stereocenters. The van der Waals surface area contributed by atoms with Gasteiger partial charge in [0.25, 0.3) is 0 Å². The lowest BCUT2D eigenvalue weighted by Crippen LogP contribution is -1.98. The summed E-state index contributed by atoms with van der Waals surface area (Å²) in [4.78, 5) is 21.9. The van der Waals surface area contributed by atoms with E-state index < -0.39 is 0 Å². The van der Waals surface area contributed by atoms with Gasteiger partial charge in [-0.3, -0.25) is 4.79 Å². The molecule has 2 aromatic carbocycles. The Morgan fingerprint density at radius 3 is 2.15 bits per heavy atom. The molecule has 2 rings (SSSR count). The lowest BCUT2D eigenvalue weighted by Gasteiger charge is -2.06. The number of benzene rings is 2. The van der Waals surface area contributed by atoms with Crippen LogP contribution in [0.1, 0.15) is 30.6 Å². The van der Waals surface area contributed by atoms with Crippen LogP contribution < -0.4 is 4.74 Å². The van der Waals surface area contributed by atoms with Crippen molar-refractivity contribution in [3.8, 4) is 11.5 Å². The monoisotopic (exact) mass is 270 g/mol. The standard InChI is InChI=1S/C16H14O3.CH4/c17-12-4-7-16(18)13-8-10-15(11-9-13)19-14-5-2-1-3-6-14;/h1-3,5-6,8-12H,4,7H2;1H4. The van der Waals surface area contributed by atoms with Crippen molar-refractivity contribution < 1.29 is 14.3 Å². The summed E-state index contributed by atoms with van der Waals surface area (Å²) < 4.78 is 5.63. The summed E-state index contributed by atoms with van der Waals surface area (Å²) in [5.74, 6) is 1.40. The van der Waals surface area contributed by atoms with E-state index in [1.54, 1.807) is 24.3 Å². The topological polar surface area (TPSA) is 43.4 Å². The third kappa shape index (κ3) is 4.35. The zero-order valence-electron chi connectivity index (χ0n) is 10.4. The molecule has 3 nitrogen and oxygen atoms in total. The van der Waals surface area contributed by atoms with Crippen LogP contribution in [-0.2, 0) is 4.79 Å². The van der Waals surface area contributed by atoms with E-state index in [2.05, 4.69) is 0 Å². The van der Waals surface area contributed by atoms with Gasteiger partial charge in [0.1, 0.15) is 17.8 Å². The van der Waals surface area contributed by atoms with E-state index in [4.69, 9.17) is 4.74 Å². The average Bonchev–Trinajstić information content (AvgIpc) is 2.46. The van der Waals surface area contributed by atoms with E-state index in [1.807, 2.05) is 30.3 Å². The van der Waals surface area contributed by atoms with Crippen molar-refractivity contribution in [2.75, 3.05) is 0 Å². The molecule has 104 valence electrons. The van der Waals surface area contributed by atoms with Gasteiger partial charge < -0.3 is 9.53 Å². The van der Waals surface area contributed by atoms with Crippen LogP contribution >= 0.6 is 0 Å². The number of Topliss-reactive ketones (excluding diaryl/α,β-unsaturated/α-hetero) is 1. The second-order valence-corrected chi connectivity index (χ2v) is 4.07. The number of aldehydes is 1. The predicted octanol–water partition coefficient (Wildman–Crippen LogP) is 4.28. The Hall–Kier alpha value is -2.42. The Morgan fingerprint density at radius 1 is 0.950 bits per heavy atom. The zero-order valence-corrected chi connectivity index (χ0v) is 10.4. The minimum atomic E-state index is -0.0293. The number of para-hydroxylation sites is 1. The van der Waals surface area contributed by atoms with Gasteiger partial charge in [-0.2, -0.15) is 0 Å². The molecule has 0 saturated heterocycles. The van der Waals surface area contributed by atoms with Crippen LogP contribution in [0.3, 0.4) is 0 Å². The van der Waals surface area contributed by atoms with Gasteiger partial charge in [-0.25, -0.2) is 0 Å². The first-order chi connectivity index (χ1) is 9.29. The molecule has 0 saturated carbocycles. The highest BCUT2D eigenvalue weighted by Gasteiger charge is 2.05. The molecule has 0 N–H and O–H groups in total. The van der Waals surface area contributed by atoms with Crippen molar-refractivity contribution in [3.05, 3.63) is 60.2 Å². The number of rotatable bonds is 6. The Bertz CT molecular complexity index is 544. The molecular weight excluding hydrogens is 252 g/mol. The molecule has 3 heteroatoms. The van der Waals surface area contributed by atoms with Crippen LogP contribution in [0.4, 0.5) is 0 Å². The van der Waals surface area contributed by atoms with Crippen LogP contribution in [0.5, 0.6) is 11.5 Å². The van der Waals surface area contributed by atoms with Crippen LogP contribution in [0, 0.1) is 0 Å². The van der Waals surface area contributed by atoms with Gasteiger partial charge >= 0.3 is 0 Å². The maximum atomic E-state index is 11.7. The van der Waals surface area contributed by atoms with Crippen molar-refractivity contribution in [1.29, 1.82) is 0 Å². The molecule has 0 unspecified atom stereocenters. The minimum absolute atomic E-state index is 0. The molecule has 0 heterocycles. The van der Waals surface area contributed by atoms with E-state index in [1.165, 1.54) is 0 Å². The summed E-state index contributed by atoms with van der Waals surface area (Å²) in [6.45, 7) is 0. The fraction of sp³-hybridized carbons (Fsp3) is 0.176. The summed E-state index contributed by atoms with van der Waals surface area (Å²) in [7, 11) is 0. The molecule has 0 amide bonds. The summed E-state index contributed by atoms with van der Waals surface area (Å²) in [6, 6.07) is 16.4. The smallest absolute Gasteiger partial charge is 0.163 e. The second-order valence-electron chi connectivity index (χ2n) is 4.07. The van der Waals surface area contributed by atoms with Gasteiger partial charge in [0.2, 0.25) is 0 Å². The van der Waals surface area contributed by atoms with Crippen LogP contribution in [0.15, 0.2) is 54.6 Å². The normalized spacial score (nSPS) is 9.40. The van der Waals surface area contributed by atoms with Gasteiger partial charge in [0, 0.05) is 18.4 Å². The molecule has 0 radical (unpaired) electrons. The van der Waals surface area contributed by atoms with Crippen molar-refractivity contribution in [1.82, 2.24) is 0 Å². The van der Waals surface area contributed by atoms with Crippen molar-refractivity contribution >= 4 is 12.1 Å². The number of hydrogen-bond acceptors (Lipinski definition) is 3. The van der Waals surface area contributed by atoms with Crippen LogP contribution in [0.25, 0.3) is 0 Å². The Morgan fingerprint density at radius 2 is 1.55 bits per heavy atom. The third-order valence-corrected chi connectivity index (χ3v) is 2.64. The number of carbonyl (C=O) groups excluding carboxylic acids is 2. The summed E-state index contributed by atoms with van der Waals surface area (Å²) in [5.41, 5.74) is 0.599. The molecule has 0 aliphatic carbocycles. The fourth-order valence-electron chi connectivity index (χ4n) is 1.67. The number of ether oxygens (including phenoxy) is 1. The molecule has 0 aromatic heterocycles. The molecule has 0 spiro atoms. The summed E-state index contributed by atoms with van der Waals surface area (Å²) >= 11 is 0. The predicted molar refractivity (Wildman–Crippen MR) is 79.3 cm³/mol. The third-order valence-electron chi connectivity index (χ3n) is 2.64. The van der Waals surface area contributed by atoms with Gasteiger partial charge in [0.05, 0.1) is 0 Å². The highest BCUT2D eigenvalue weighted by Crippen LogP contribution is 2.21. The highest BCUT2D eigenvalue weighted by molar-refractivity contribution is 5.96. The summed E-state index contributed by atoms with van der Waals surface area (Å²) in [5, 5.41) is 0. The fourth-order valence-corrected chi connectivity index (χ4v) is 1.67. The minimum Gasteiger partial charge on any atom is -0.457 e. The van der Waals surface area contributed by atoms with Gasteiger partial charge in [-0.05, 0) is 36.4 Å². The first-order valence-electron chi connectivity index (χ1n) is 6.09. The lowest BCUT2D eigenvalue weighted by atomic mass is 10.1. The van der Waals surface area contributed by atoms with E-state index in [-0.39, 0.29) is 26.1 Å². The molecule has 0 aliphatic rings. The molecule has 0 aliphatic heterocycles. The number of carbonyl (C=O) groups is 2. The molecule has 2 aromatic rings. The van der Waals surface area contributed by atoms with Gasteiger partial charge in [-0.1, -0.05) is 25.6 Å². The average molecular weight is 270 g/mol. The first-order valence-corrected chi connectivity index (χ1v) is 6.09. The van der Waals surface area contributed by atoms with E-state index >= 15 is 0 Å². The number of ketones is 1. The van der Waals surface area contributed by atoms with Crippen LogP contribution in [0.2, 0.25) is 0 Å². The summed E-state index contributed by atoms with van der Waals surface area (Å²) in [6.07, 6.45) is 1.27. The highest BCUT2D eigenvalue weighted by atomic mass is 16.5. The van der Waals surface area contributed by atoms with Crippen LogP contribution in [-0.4, -0.2) is 12.1 Å². The van der Waals surface area contributed by atoms with Crippen molar-refractivity contribution in [3.63, 3.8) is 0 Å². The molecule has 0 bridgehead atoms. The molecule has 20 heavy (non-hydrogen) atoms. The Kier molecular flexibility index (Phi) is 6.17.